The Balaban J connectivity index is 1.51. The van der Waals surface area contributed by atoms with Gasteiger partial charge in [-0.15, -0.1) is 0 Å². The lowest BCUT2D eigenvalue weighted by atomic mass is 10.1. The fourth-order valence-corrected chi connectivity index (χ4v) is 6.28. The summed E-state index contributed by atoms with van der Waals surface area (Å²) in [6.45, 7) is 2.82. The van der Waals surface area contributed by atoms with Gasteiger partial charge < -0.3 is 4.74 Å². The van der Waals surface area contributed by atoms with Crippen molar-refractivity contribution in [3.63, 3.8) is 0 Å². The molecule has 0 unspecified atom stereocenters. The van der Waals surface area contributed by atoms with Gasteiger partial charge in [0.25, 0.3) is 5.91 Å². The largest absolute Gasteiger partial charge is 0.454 e. The molecule has 0 bridgehead atoms. The Morgan fingerprint density at radius 1 is 0.971 bits per heavy atom. The topological polar surface area (TPSA) is 92.8 Å². The highest BCUT2D eigenvalue weighted by molar-refractivity contribution is 7.99. The third-order valence-corrected chi connectivity index (χ3v) is 8.13. The number of carbonyl (C=O) groups is 2. The Labute approximate surface area is 213 Å². The number of fused-ring (bicyclic) bond motifs is 2. The average molecular weight is 531 g/mol. The summed E-state index contributed by atoms with van der Waals surface area (Å²) < 4.78 is 33.3. The molecule has 7 nitrogen and oxygen atoms in total. The van der Waals surface area contributed by atoms with Crippen LogP contribution in [-0.4, -0.2) is 32.9 Å². The summed E-state index contributed by atoms with van der Waals surface area (Å²) in [4.78, 5) is 29.4. The van der Waals surface area contributed by atoms with Gasteiger partial charge in [0.2, 0.25) is 10.0 Å². The number of hydrogen-bond acceptors (Lipinski definition) is 6. The van der Waals surface area contributed by atoms with Gasteiger partial charge in [0.15, 0.2) is 6.61 Å². The molecule has 35 heavy (non-hydrogen) atoms. The first-order chi connectivity index (χ1) is 16.7. The van der Waals surface area contributed by atoms with E-state index >= 15 is 0 Å². The monoisotopic (exact) mass is 530 g/mol. The van der Waals surface area contributed by atoms with E-state index in [9.17, 15) is 18.0 Å². The van der Waals surface area contributed by atoms with E-state index < -0.39 is 40.5 Å². The van der Waals surface area contributed by atoms with Crippen molar-refractivity contribution in [2.24, 2.45) is 5.92 Å². The molecule has 0 spiro atoms. The Morgan fingerprint density at radius 3 is 2.14 bits per heavy atom. The first-order valence-electron chi connectivity index (χ1n) is 10.8. The molecule has 182 valence electrons. The average Bonchev–Trinajstić information content (AvgIpc) is 2.84. The molecule has 1 aliphatic rings. The number of nitrogens with zero attached hydrogens (tertiary/aromatic N) is 1. The van der Waals surface area contributed by atoms with Crippen LogP contribution in [-0.2, 0) is 24.3 Å². The fourth-order valence-electron chi connectivity index (χ4n) is 3.59. The van der Waals surface area contributed by atoms with E-state index in [2.05, 4.69) is 4.72 Å². The second kappa shape index (κ2) is 10.4. The number of nitrogens with one attached hydrogen (secondary N) is 1. The normalized spacial score (nSPS) is 13.7. The van der Waals surface area contributed by atoms with E-state index in [1.165, 1.54) is 23.1 Å². The van der Waals surface area contributed by atoms with Crippen molar-refractivity contribution in [2.75, 3.05) is 11.5 Å². The number of esters is 1. The second-order valence-electron chi connectivity index (χ2n) is 8.17. The molecular formula is C25H23ClN2O5S2. The van der Waals surface area contributed by atoms with Crippen molar-refractivity contribution in [3.8, 4) is 0 Å². The highest BCUT2D eigenvalue weighted by atomic mass is 35.5. The molecule has 1 aliphatic heterocycles. The van der Waals surface area contributed by atoms with E-state index in [-0.39, 0.29) is 9.92 Å². The Hall–Kier alpha value is -2.85. The van der Waals surface area contributed by atoms with Crippen molar-refractivity contribution < 1.29 is 22.7 Å². The molecule has 10 heteroatoms. The smallest absolute Gasteiger partial charge is 0.324 e. The third-order valence-electron chi connectivity index (χ3n) is 5.33. The van der Waals surface area contributed by atoms with Crippen LogP contribution >= 0.6 is 23.4 Å². The van der Waals surface area contributed by atoms with Gasteiger partial charge in [-0.3, -0.25) is 14.5 Å². The van der Waals surface area contributed by atoms with Crippen LogP contribution in [0.2, 0.25) is 5.02 Å². The minimum absolute atomic E-state index is 0.0708. The summed E-state index contributed by atoms with van der Waals surface area (Å²) in [5.41, 5.74) is 1.39. The molecule has 0 radical (unpaired) electrons. The Kier molecular flexibility index (Phi) is 7.51. The summed E-state index contributed by atoms with van der Waals surface area (Å²) in [5, 5.41) is 0.252. The number of benzene rings is 3. The lowest BCUT2D eigenvalue weighted by molar-refractivity contribution is -0.150. The summed E-state index contributed by atoms with van der Waals surface area (Å²) in [6, 6.07) is 19.5. The molecule has 1 heterocycles. The van der Waals surface area contributed by atoms with E-state index in [1.54, 1.807) is 31.7 Å². The molecule has 3 aromatic carbocycles. The number of halogens is 1. The first kappa shape index (κ1) is 25.2. The van der Waals surface area contributed by atoms with Gasteiger partial charge in [0.1, 0.15) is 6.04 Å². The van der Waals surface area contributed by atoms with Crippen molar-refractivity contribution >= 4 is 56.6 Å². The summed E-state index contributed by atoms with van der Waals surface area (Å²) >= 11 is 7.47. The third kappa shape index (κ3) is 5.54. The molecule has 0 saturated heterocycles. The van der Waals surface area contributed by atoms with Gasteiger partial charge >= 0.3 is 5.97 Å². The van der Waals surface area contributed by atoms with E-state index in [1.807, 2.05) is 48.5 Å². The fraction of sp³-hybridized carbons (Fsp3) is 0.200. The predicted octanol–water partition coefficient (Wildman–Crippen LogP) is 5.02. The molecule has 0 aliphatic carbocycles. The zero-order valence-corrected chi connectivity index (χ0v) is 21.4. The molecule has 3 aromatic rings. The Bertz CT molecular complexity index is 1330. The van der Waals surface area contributed by atoms with E-state index in [0.717, 1.165) is 9.79 Å². The van der Waals surface area contributed by atoms with Crippen molar-refractivity contribution in [3.05, 3.63) is 77.8 Å². The molecule has 1 amide bonds. The van der Waals surface area contributed by atoms with Gasteiger partial charge in [0, 0.05) is 14.8 Å². The number of rotatable bonds is 7. The van der Waals surface area contributed by atoms with E-state index in [4.69, 9.17) is 16.3 Å². The van der Waals surface area contributed by atoms with Crippen LogP contribution in [0.25, 0.3) is 0 Å². The number of para-hydroxylation sites is 2. The SMILES string of the molecule is CC(C)[C@@H](NS(=O)(=O)c1cccc(Cl)c1)C(=O)OCC(=O)N1c2ccccc2Sc2ccccc21. The maximum absolute atomic E-state index is 13.3. The van der Waals surface area contributed by atoms with Crippen LogP contribution in [0.3, 0.4) is 0 Å². The number of anilines is 2. The number of sulfonamides is 1. The van der Waals surface area contributed by atoms with Crippen molar-refractivity contribution in [1.82, 2.24) is 4.72 Å². The second-order valence-corrected chi connectivity index (χ2v) is 11.4. The minimum Gasteiger partial charge on any atom is -0.454 e. The summed E-state index contributed by atoms with van der Waals surface area (Å²) in [7, 11) is -4.04. The van der Waals surface area contributed by atoms with Gasteiger partial charge in [-0.25, -0.2) is 8.42 Å². The lowest BCUT2D eigenvalue weighted by Gasteiger charge is -2.31. The first-order valence-corrected chi connectivity index (χ1v) is 13.5. The van der Waals surface area contributed by atoms with Crippen molar-refractivity contribution in [1.29, 1.82) is 0 Å². The van der Waals surface area contributed by atoms with Gasteiger partial charge in [-0.1, -0.05) is 67.5 Å². The molecule has 0 fully saturated rings. The highest BCUT2D eigenvalue weighted by Crippen LogP contribution is 2.47. The number of hydrogen-bond donors (Lipinski definition) is 1. The van der Waals surface area contributed by atoms with Crippen LogP contribution in [0.1, 0.15) is 13.8 Å². The van der Waals surface area contributed by atoms with Crippen molar-refractivity contribution in [2.45, 2.75) is 34.6 Å². The predicted molar refractivity (Wildman–Crippen MR) is 136 cm³/mol. The molecule has 0 aromatic heterocycles. The number of amides is 1. The van der Waals surface area contributed by atoms with Crippen LogP contribution in [0, 0.1) is 5.92 Å². The lowest BCUT2D eigenvalue weighted by Crippen LogP contribution is -2.46. The molecule has 4 rings (SSSR count). The standard InChI is InChI=1S/C25H23ClN2O5S2/c1-16(2)24(27-35(31,32)18-9-7-8-17(26)14-18)25(30)33-15-23(29)28-19-10-3-5-12-21(19)34-22-13-6-4-11-20(22)28/h3-14,16,24,27H,15H2,1-2H3/t24-/m1/s1. The molecule has 1 N–H and O–H groups in total. The summed E-state index contributed by atoms with van der Waals surface area (Å²) in [5.74, 6) is -1.72. The molecule has 0 saturated carbocycles. The zero-order valence-electron chi connectivity index (χ0n) is 19.0. The highest BCUT2D eigenvalue weighted by Gasteiger charge is 2.32. The maximum Gasteiger partial charge on any atom is 0.324 e. The molecular weight excluding hydrogens is 508 g/mol. The summed E-state index contributed by atoms with van der Waals surface area (Å²) in [6.07, 6.45) is 0. The van der Waals surface area contributed by atoms with Gasteiger partial charge in [0.05, 0.1) is 16.3 Å². The van der Waals surface area contributed by atoms with Crippen LogP contribution in [0.4, 0.5) is 11.4 Å². The van der Waals surface area contributed by atoms with Crippen LogP contribution in [0.15, 0.2) is 87.5 Å². The van der Waals surface area contributed by atoms with Gasteiger partial charge in [-0.2, -0.15) is 4.72 Å². The maximum atomic E-state index is 13.3. The van der Waals surface area contributed by atoms with Gasteiger partial charge in [-0.05, 0) is 48.4 Å². The van der Waals surface area contributed by atoms with Crippen LogP contribution < -0.4 is 9.62 Å². The number of ether oxygens (including phenoxy) is 1. The molecule has 1 atom stereocenters. The number of carbonyl (C=O) groups excluding carboxylic acids is 2. The zero-order chi connectivity index (χ0) is 25.2. The minimum atomic E-state index is -4.04. The van der Waals surface area contributed by atoms with E-state index in [0.29, 0.717) is 11.4 Å². The Morgan fingerprint density at radius 2 is 1.57 bits per heavy atom. The quantitative estimate of drug-likeness (QED) is 0.431. The van der Waals surface area contributed by atoms with Crippen LogP contribution in [0.5, 0.6) is 0 Å².